The van der Waals surface area contributed by atoms with Crippen LogP contribution in [0.4, 0.5) is 5.69 Å². The molecule has 0 aromatic heterocycles. The minimum Gasteiger partial charge on any atom is -0.334 e. The van der Waals surface area contributed by atoms with Crippen molar-refractivity contribution < 1.29 is 9.72 Å². The molecule has 2 atom stereocenters. The highest BCUT2D eigenvalue weighted by Crippen LogP contribution is 2.28. The molecule has 1 amide bonds. The molecule has 2 unspecified atom stereocenters. The van der Waals surface area contributed by atoms with Crippen molar-refractivity contribution in [1.82, 2.24) is 4.90 Å². The van der Waals surface area contributed by atoms with Gasteiger partial charge in [-0.3, -0.25) is 14.9 Å². The van der Waals surface area contributed by atoms with Crippen molar-refractivity contribution in [2.24, 2.45) is 5.92 Å². The van der Waals surface area contributed by atoms with Crippen LogP contribution in [0.1, 0.15) is 23.7 Å². The van der Waals surface area contributed by atoms with Crippen LogP contribution in [0.3, 0.4) is 0 Å². The molecule has 1 aliphatic rings. The monoisotopic (exact) mass is 316 g/mol. The highest BCUT2D eigenvalue weighted by molar-refractivity contribution is 6.31. The predicted molar refractivity (Wildman–Crippen MR) is 77.4 cm³/mol. The molecule has 1 heterocycles. The van der Waals surface area contributed by atoms with E-state index in [1.807, 2.05) is 6.92 Å². The minimum atomic E-state index is -0.561. The molecule has 0 bridgehead atoms. The number of benzene rings is 1. The van der Waals surface area contributed by atoms with Crippen LogP contribution in [-0.2, 0) is 0 Å². The number of rotatable bonds is 3. The second-order valence-corrected chi connectivity index (χ2v) is 5.69. The van der Waals surface area contributed by atoms with Gasteiger partial charge < -0.3 is 4.90 Å². The summed E-state index contributed by atoms with van der Waals surface area (Å²) in [4.78, 5) is 24.4. The lowest BCUT2D eigenvalue weighted by atomic mass is 10.0. The molecule has 0 spiro atoms. The third-order valence-electron chi connectivity index (χ3n) is 3.64. The number of carbonyl (C=O) groups excluding carboxylic acids is 1. The summed E-state index contributed by atoms with van der Waals surface area (Å²) in [6.45, 7) is 2.65. The number of halogens is 2. The first-order valence-corrected chi connectivity index (χ1v) is 7.17. The number of amides is 1. The third kappa shape index (κ3) is 2.88. The van der Waals surface area contributed by atoms with Crippen molar-refractivity contribution >= 4 is 34.8 Å². The number of hydrogen-bond donors (Lipinski definition) is 0. The summed E-state index contributed by atoms with van der Waals surface area (Å²) in [6, 6.07) is 3.89. The smallest absolute Gasteiger partial charge is 0.271 e. The molecule has 1 saturated heterocycles. The number of hydrogen-bond acceptors (Lipinski definition) is 3. The maximum Gasteiger partial charge on any atom is 0.271 e. The fraction of sp³-hybridized carbons (Fsp3) is 0.462. The normalized spacial score (nSPS) is 22.1. The van der Waals surface area contributed by atoms with Gasteiger partial charge in [0.05, 0.1) is 4.92 Å². The molecule has 0 saturated carbocycles. The lowest BCUT2D eigenvalue weighted by Crippen LogP contribution is -2.38. The minimum absolute atomic E-state index is 0.0396. The Hall–Kier alpha value is -1.33. The van der Waals surface area contributed by atoms with Gasteiger partial charge in [-0.2, -0.15) is 0 Å². The van der Waals surface area contributed by atoms with Gasteiger partial charge in [-0.25, -0.2) is 0 Å². The van der Waals surface area contributed by atoms with Gasteiger partial charge in [-0.1, -0.05) is 18.5 Å². The van der Waals surface area contributed by atoms with Crippen LogP contribution < -0.4 is 0 Å². The van der Waals surface area contributed by atoms with E-state index in [4.69, 9.17) is 23.2 Å². The van der Waals surface area contributed by atoms with Crippen LogP contribution in [0.25, 0.3) is 0 Å². The number of nitro benzene ring substituents is 1. The van der Waals surface area contributed by atoms with E-state index in [1.165, 1.54) is 18.2 Å². The topological polar surface area (TPSA) is 63.5 Å². The Morgan fingerprint density at radius 3 is 2.80 bits per heavy atom. The average molecular weight is 317 g/mol. The number of alkyl halides is 1. The highest BCUT2D eigenvalue weighted by Gasteiger charge is 2.34. The Kier molecular flexibility index (Phi) is 4.50. The largest absolute Gasteiger partial charge is 0.334 e. The SMILES string of the molecule is CC1CCN(C(=O)c2cc(Cl)cc([N+](=O)[O-])c2)C1CCl. The number of nitrogens with zero attached hydrogens (tertiary/aromatic N) is 2. The number of nitro groups is 1. The van der Waals surface area contributed by atoms with E-state index >= 15 is 0 Å². The van der Waals surface area contributed by atoms with Gasteiger partial charge in [0.2, 0.25) is 0 Å². The zero-order valence-electron chi connectivity index (χ0n) is 10.9. The maximum absolute atomic E-state index is 12.5. The molecule has 1 aromatic rings. The van der Waals surface area contributed by atoms with Crippen molar-refractivity contribution in [2.45, 2.75) is 19.4 Å². The van der Waals surface area contributed by atoms with Gasteiger partial charge in [-0.15, -0.1) is 11.6 Å². The molecule has 0 N–H and O–H groups in total. The molecule has 2 rings (SSSR count). The molecule has 0 aliphatic carbocycles. The zero-order chi connectivity index (χ0) is 14.9. The first-order chi connectivity index (χ1) is 9.43. The van der Waals surface area contributed by atoms with E-state index in [2.05, 4.69) is 0 Å². The van der Waals surface area contributed by atoms with Crippen molar-refractivity contribution in [1.29, 1.82) is 0 Å². The quantitative estimate of drug-likeness (QED) is 0.488. The Labute approximate surface area is 126 Å². The van der Waals surface area contributed by atoms with Crippen LogP contribution in [-0.4, -0.2) is 34.2 Å². The molecule has 1 fully saturated rings. The van der Waals surface area contributed by atoms with Crippen LogP contribution in [0.15, 0.2) is 18.2 Å². The molecule has 20 heavy (non-hydrogen) atoms. The van der Waals surface area contributed by atoms with Crippen LogP contribution in [0.2, 0.25) is 5.02 Å². The van der Waals surface area contributed by atoms with E-state index in [0.29, 0.717) is 18.3 Å². The van der Waals surface area contributed by atoms with Crippen molar-refractivity contribution in [3.8, 4) is 0 Å². The molecule has 1 aromatic carbocycles. The lowest BCUT2D eigenvalue weighted by Gasteiger charge is -2.25. The number of likely N-dealkylation sites (tertiary alicyclic amines) is 1. The van der Waals surface area contributed by atoms with Crippen molar-refractivity contribution in [2.75, 3.05) is 12.4 Å². The number of carbonyl (C=O) groups is 1. The summed E-state index contributed by atoms with van der Waals surface area (Å²) in [6.07, 6.45) is 0.881. The van der Waals surface area contributed by atoms with Crippen LogP contribution in [0, 0.1) is 16.0 Å². The first-order valence-electron chi connectivity index (χ1n) is 6.26. The fourth-order valence-electron chi connectivity index (χ4n) is 2.46. The molecule has 5 nitrogen and oxygen atoms in total. The molecular weight excluding hydrogens is 303 g/mol. The Morgan fingerprint density at radius 1 is 1.50 bits per heavy atom. The molecular formula is C13H14Cl2N2O3. The highest BCUT2D eigenvalue weighted by atomic mass is 35.5. The third-order valence-corrected chi connectivity index (χ3v) is 4.18. The Morgan fingerprint density at radius 2 is 2.20 bits per heavy atom. The van der Waals surface area contributed by atoms with Gasteiger partial charge in [0.25, 0.3) is 11.6 Å². The first kappa shape index (κ1) is 15.1. The van der Waals surface area contributed by atoms with Gasteiger partial charge >= 0.3 is 0 Å². The van der Waals surface area contributed by atoms with Gasteiger partial charge in [-0.05, 0) is 18.4 Å². The standard InChI is InChI=1S/C13H14Cl2N2O3/c1-8-2-3-16(12(8)7-14)13(18)9-4-10(15)6-11(5-9)17(19)20/h4-6,8,12H,2-3,7H2,1H3. The lowest BCUT2D eigenvalue weighted by molar-refractivity contribution is -0.384. The second kappa shape index (κ2) is 5.97. The Balaban J connectivity index is 2.32. The van der Waals surface area contributed by atoms with E-state index < -0.39 is 4.92 Å². The second-order valence-electron chi connectivity index (χ2n) is 4.94. The average Bonchev–Trinajstić information content (AvgIpc) is 2.78. The molecule has 1 aliphatic heterocycles. The summed E-state index contributed by atoms with van der Waals surface area (Å²) in [5, 5.41) is 11.0. The summed E-state index contributed by atoms with van der Waals surface area (Å²) in [5.41, 5.74) is 0.0453. The number of non-ortho nitro benzene ring substituents is 1. The molecule has 108 valence electrons. The zero-order valence-corrected chi connectivity index (χ0v) is 12.4. The summed E-state index contributed by atoms with van der Waals surface area (Å²) in [7, 11) is 0. The van der Waals surface area contributed by atoms with Gasteiger partial charge in [0, 0.05) is 41.2 Å². The van der Waals surface area contributed by atoms with Gasteiger partial charge in [0.15, 0.2) is 0 Å². The van der Waals surface area contributed by atoms with E-state index in [-0.39, 0.29) is 28.2 Å². The molecule has 7 heteroatoms. The molecule has 0 radical (unpaired) electrons. The van der Waals surface area contributed by atoms with Crippen LogP contribution in [0.5, 0.6) is 0 Å². The van der Waals surface area contributed by atoms with Crippen LogP contribution >= 0.6 is 23.2 Å². The summed E-state index contributed by atoms with van der Waals surface area (Å²) >= 11 is 11.8. The van der Waals surface area contributed by atoms with E-state index in [9.17, 15) is 14.9 Å². The summed E-state index contributed by atoms with van der Waals surface area (Å²) in [5.74, 6) is 0.423. The van der Waals surface area contributed by atoms with E-state index in [1.54, 1.807) is 4.90 Å². The van der Waals surface area contributed by atoms with E-state index in [0.717, 1.165) is 6.42 Å². The summed E-state index contributed by atoms with van der Waals surface area (Å²) < 4.78 is 0. The van der Waals surface area contributed by atoms with Crippen molar-refractivity contribution in [3.63, 3.8) is 0 Å². The maximum atomic E-state index is 12.5. The predicted octanol–water partition coefficient (Wildman–Crippen LogP) is 3.34. The van der Waals surface area contributed by atoms with Crippen molar-refractivity contribution in [3.05, 3.63) is 38.9 Å². The fourth-order valence-corrected chi connectivity index (χ4v) is 3.16. The Bertz CT molecular complexity index is 550. The van der Waals surface area contributed by atoms with Gasteiger partial charge in [0.1, 0.15) is 0 Å².